The minimum Gasteiger partial charge on any atom is -0.508 e. The highest BCUT2D eigenvalue weighted by atomic mass is 35.5. The van der Waals surface area contributed by atoms with Crippen molar-refractivity contribution in [3.63, 3.8) is 0 Å². The molecule has 0 spiro atoms. The summed E-state index contributed by atoms with van der Waals surface area (Å²) in [5.74, 6) is 0.184. The van der Waals surface area contributed by atoms with Gasteiger partial charge in [0.25, 0.3) is 0 Å². The smallest absolute Gasteiger partial charge is 0.125 e. The van der Waals surface area contributed by atoms with Gasteiger partial charge in [-0.1, -0.05) is 23.7 Å². The van der Waals surface area contributed by atoms with Crippen LogP contribution in [0.25, 0.3) is 11.1 Å². The van der Waals surface area contributed by atoms with E-state index in [9.17, 15) is 10.2 Å². The molecule has 75 valence electrons. The second-order valence-corrected chi connectivity index (χ2v) is 3.52. The largest absolute Gasteiger partial charge is 0.508 e. The Labute approximate surface area is 92.4 Å². The van der Waals surface area contributed by atoms with E-state index in [1.165, 1.54) is 6.07 Å². The first kappa shape index (κ1) is 9.87. The maximum absolute atomic E-state index is 9.64. The minimum absolute atomic E-state index is 0.0492. The van der Waals surface area contributed by atoms with Crippen molar-refractivity contribution in [2.24, 2.45) is 0 Å². The lowest BCUT2D eigenvalue weighted by Crippen LogP contribution is -1.80. The topological polar surface area (TPSA) is 40.5 Å². The zero-order chi connectivity index (χ0) is 10.8. The van der Waals surface area contributed by atoms with Gasteiger partial charge in [0, 0.05) is 5.56 Å². The summed E-state index contributed by atoms with van der Waals surface area (Å²) in [7, 11) is 0. The quantitative estimate of drug-likeness (QED) is 0.773. The molecule has 2 N–H and O–H groups in total. The first-order chi connectivity index (χ1) is 7.18. The predicted molar refractivity (Wildman–Crippen MR) is 59.1 cm³/mol. The molecule has 0 aliphatic heterocycles. The van der Waals surface area contributed by atoms with E-state index in [2.05, 4.69) is 6.07 Å². The third kappa shape index (κ3) is 1.90. The van der Waals surface area contributed by atoms with Crippen LogP contribution in [0.5, 0.6) is 11.5 Å². The minimum atomic E-state index is 0.0492. The first-order valence-corrected chi connectivity index (χ1v) is 4.74. The van der Waals surface area contributed by atoms with Crippen molar-refractivity contribution in [1.29, 1.82) is 0 Å². The molecule has 15 heavy (non-hydrogen) atoms. The summed E-state index contributed by atoms with van der Waals surface area (Å²) in [6.07, 6.45) is 0. The molecule has 0 aliphatic carbocycles. The Hall–Kier alpha value is -1.67. The number of rotatable bonds is 1. The van der Waals surface area contributed by atoms with Crippen LogP contribution in [0.3, 0.4) is 0 Å². The summed E-state index contributed by atoms with van der Waals surface area (Å²) < 4.78 is 0. The van der Waals surface area contributed by atoms with Crippen molar-refractivity contribution in [2.45, 2.75) is 0 Å². The van der Waals surface area contributed by atoms with Crippen LogP contribution in [0, 0.1) is 6.07 Å². The standard InChI is InChI=1S/C12H8ClO2/c13-10-5-2-6-11(15)12(10)8-3-1-4-9(14)7-8/h1,3-7,14-15H. The molecule has 0 aromatic heterocycles. The van der Waals surface area contributed by atoms with Gasteiger partial charge >= 0.3 is 0 Å². The summed E-state index contributed by atoms with van der Waals surface area (Å²) in [6.45, 7) is 0. The van der Waals surface area contributed by atoms with Crippen LogP contribution < -0.4 is 0 Å². The van der Waals surface area contributed by atoms with E-state index < -0.39 is 0 Å². The van der Waals surface area contributed by atoms with Crippen LogP contribution in [-0.4, -0.2) is 10.2 Å². The SMILES string of the molecule is Oc1cccc(-c2c(O)c[c]cc2Cl)c1. The lowest BCUT2D eigenvalue weighted by atomic mass is 10.0. The molecular formula is C12H8ClO2. The Morgan fingerprint density at radius 1 is 1.13 bits per heavy atom. The van der Waals surface area contributed by atoms with E-state index in [4.69, 9.17) is 11.6 Å². The molecule has 3 heteroatoms. The number of phenolic OH excluding ortho intramolecular Hbond substituents is 2. The van der Waals surface area contributed by atoms with Crippen LogP contribution in [0.4, 0.5) is 0 Å². The van der Waals surface area contributed by atoms with Crippen molar-refractivity contribution in [3.8, 4) is 22.6 Å². The van der Waals surface area contributed by atoms with Crippen molar-refractivity contribution in [3.05, 3.63) is 47.5 Å². The lowest BCUT2D eigenvalue weighted by Gasteiger charge is -2.06. The van der Waals surface area contributed by atoms with Crippen LogP contribution >= 0.6 is 11.6 Å². The second kappa shape index (κ2) is 3.83. The van der Waals surface area contributed by atoms with Gasteiger partial charge in [0.1, 0.15) is 11.5 Å². The van der Waals surface area contributed by atoms with Gasteiger partial charge in [0.05, 0.1) is 5.02 Å². The van der Waals surface area contributed by atoms with Gasteiger partial charge in [-0.25, -0.2) is 0 Å². The number of benzene rings is 2. The summed E-state index contributed by atoms with van der Waals surface area (Å²) in [5.41, 5.74) is 1.18. The van der Waals surface area contributed by atoms with E-state index in [1.54, 1.807) is 30.3 Å². The van der Waals surface area contributed by atoms with Gasteiger partial charge in [-0.05, 0) is 35.9 Å². The van der Waals surface area contributed by atoms with Crippen molar-refractivity contribution in [1.82, 2.24) is 0 Å². The van der Waals surface area contributed by atoms with Crippen molar-refractivity contribution in [2.75, 3.05) is 0 Å². The van der Waals surface area contributed by atoms with Gasteiger partial charge < -0.3 is 10.2 Å². The Kier molecular flexibility index (Phi) is 2.52. The molecular weight excluding hydrogens is 212 g/mol. The second-order valence-electron chi connectivity index (χ2n) is 3.11. The fourth-order valence-electron chi connectivity index (χ4n) is 1.41. The zero-order valence-electron chi connectivity index (χ0n) is 7.74. The highest BCUT2D eigenvalue weighted by Crippen LogP contribution is 2.36. The summed E-state index contributed by atoms with van der Waals surface area (Å²) in [6, 6.07) is 12.3. The lowest BCUT2D eigenvalue weighted by molar-refractivity contribution is 0.474. The van der Waals surface area contributed by atoms with Crippen LogP contribution in [-0.2, 0) is 0 Å². The maximum atomic E-state index is 9.64. The average molecular weight is 220 g/mol. The fourth-order valence-corrected chi connectivity index (χ4v) is 1.68. The number of halogens is 1. The Morgan fingerprint density at radius 3 is 2.60 bits per heavy atom. The Morgan fingerprint density at radius 2 is 1.93 bits per heavy atom. The molecule has 2 nitrogen and oxygen atoms in total. The normalized spacial score (nSPS) is 10.2. The fraction of sp³-hybridized carbons (Fsp3) is 0. The molecule has 0 saturated heterocycles. The van der Waals surface area contributed by atoms with Gasteiger partial charge in [0.2, 0.25) is 0 Å². The molecule has 1 radical (unpaired) electrons. The third-order valence-corrected chi connectivity index (χ3v) is 2.36. The third-order valence-electron chi connectivity index (χ3n) is 2.06. The maximum Gasteiger partial charge on any atom is 0.125 e. The van der Waals surface area contributed by atoms with Crippen LogP contribution in [0.15, 0.2) is 36.4 Å². The monoisotopic (exact) mass is 219 g/mol. The van der Waals surface area contributed by atoms with Crippen LogP contribution in [0.2, 0.25) is 5.02 Å². The Balaban J connectivity index is 2.63. The first-order valence-electron chi connectivity index (χ1n) is 4.36. The number of hydrogen-bond acceptors (Lipinski definition) is 2. The van der Waals surface area contributed by atoms with E-state index in [1.807, 2.05) is 0 Å². The number of aromatic hydroxyl groups is 2. The summed E-state index contributed by atoms with van der Waals surface area (Å²) in [4.78, 5) is 0. The van der Waals surface area contributed by atoms with Crippen LogP contribution in [0.1, 0.15) is 0 Å². The molecule has 0 saturated carbocycles. The van der Waals surface area contributed by atoms with Crippen molar-refractivity contribution >= 4 is 11.6 Å². The number of phenols is 2. The van der Waals surface area contributed by atoms with Gasteiger partial charge in [-0.2, -0.15) is 0 Å². The number of hydrogen-bond donors (Lipinski definition) is 2. The molecule has 0 bridgehead atoms. The average Bonchev–Trinajstić information content (AvgIpc) is 2.17. The van der Waals surface area contributed by atoms with Crippen molar-refractivity contribution < 1.29 is 10.2 Å². The molecule has 0 atom stereocenters. The van der Waals surface area contributed by atoms with Gasteiger partial charge in [-0.3, -0.25) is 0 Å². The Bertz CT molecular complexity index is 474. The summed E-state index contributed by atoms with van der Waals surface area (Å²) >= 11 is 5.94. The molecule has 2 rings (SSSR count). The van der Waals surface area contributed by atoms with E-state index in [0.29, 0.717) is 16.1 Å². The molecule has 0 unspecified atom stereocenters. The van der Waals surface area contributed by atoms with Gasteiger partial charge in [0.15, 0.2) is 0 Å². The predicted octanol–water partition coefficient (Wildman–Crippen LogP) is 3.22. The molecule has 2 aromatic carbocycles. The summed E-state index contributed by atoms with van der Waals surface area (Å²) in [5, 5.41) is 19.4. The highest BCUT2D eigenvalue weighted by Gasteiger charge is 2.08. The van der Waals surface area contributed by atoms with E-state index >= 15 is 0 Å². The zero-order valence-corrected chi connectivity index (χ0v) is 8.49. The molecule has 0 fully saturated rings. The van der Waals surface area contributed by atoms with E-state index in [0.717, 1.165) is 0 Å². The molecule has 2 aromatic rings. The van der Waals surface area contributed by atoms with Gasteiger partial charge in [-0.15, -0.1) is 0 Å². The molecule has 0 aliphatic rings. The molecule has 0 amide bonds. The van der Waals surface area contributed by atoms with E-state index in [-0.39, 0.29) is 11.5 Å². The molecule has 0 heterocycles. The highest BCUT2D eigenvalue weighted by molar-refractivity contribution is 6.33.